The quantitative estimate of drug-likeness (QED) is 0.674. The van der Waals surface area contributed by atoms with Gasteiger partial charge in [0.2, 0.25) is 0 Å². The third-order valence-corrected chi connectivity index (χ3v) is 2.45. The van der Waals surface area contributed by atoms with Gasteiger partial charge in [0.15, 0.2) is 0 Å². The maximum absolute atomic E-state index is 5.01. The van der Waals surface area contributed by atoms with Gasteiger partial charge in [-0.1, -0.05) is 30.9 Å². The molecule has 64 valence electrons. The Bertz CT molecular complexity index is 336. The van der Waals surface area contributed by atoms with Crippen LogP contribution in [-0.4, -0.2) is 12.1 Å². The van der Waals surface area contributed by atoms with Crippen molar-refractivity contribution < 1.29 is 4.74 Å². The van der Waals surface area contributed by atoms with E-state index < -0.39 is 0 Å². The van der Waals surface area contributed by atoms with Crippen molar-refractivity contribution in [3.05, 3.63) is 24.3 Å². The number of para-hydroxylation sites is 1. The fourth-order valence-corrected chi connectivity index (χ4v) is 1.72. The van der Waals surface area contributed by atoms with E-state index in [1.807, 2.05) is 24.3 Å². The number of rotatable bonds is 1. The summed E-state index contributed by atoms with van der Waals surface area (Å²) in [6.45, 7) is 0. The molecule has 0 unspecified atom stereocenters. The summed E-state index contributed by atoms with van der Waals surface area (Å²) in [6.07, 6.45) is 0. The second kappa shape index (κ2) is 3.54. The molecule has 1 heterocycles. The number of hydrogen-bond acceptors (Lipinski definition) is 3. The highest BCUT2D eigenvalue weighted by atomic mass is 32.1. The zero-order valence-electron chi connectivity index (χ0n) is 6.07. The van der Waals surface area contributed by atoms with Gasteiger partial charge >= 0.3 is 0 Å². The van der Waals surface area contributed by atoms with Gasteiger partial charge in [-0.25, -0.2) is 4.98 Å². The molecule has 2 rings (SSSR count). The number of hydrogen-bond donors (Lipinski definition) is 0. The first-order valence-corrected chi connectivity index (χ1v) is 4.11. The molecule has 0 saturated carbocycles. The summed E-state index contributed by atoms with van der Waals surface area (Å²) < 4.78 is 6.18. The van der Waals surface area contributed by atoms with Gasteiger partial charge in [0.05, 0.1) is 17.3 Å². The maximum Gasteiger partial charge on any atom is 0.274 e. The van der Waals surface area contributed by atoms with Gasteiger partial charge < -0.3 is 4.74 Å². The Labute approximate surface area is 75.8 Å². The van der Waals surface area contributed by atoms with Crippen molar-refractivity contribution in [1.29, 1.82) is 0 Å². The number of fused-ring (bicyclic) bond motifs is 1. The predicted molar refractivity (Wildman–Crippen MR) is 52.9 cm³/mol. The number of nitrogens with zero attached hydrogens (tertiary/aromatic N) is 1. The Morgan fingerprint density at radius 2 is 2.08 bits per heavy atom. The summed E-state index contributed by atoms with van der Waals surface area (Å²) in [5, 5.41) is 0.728. The van der Waals surface area contributed by atoms with Crippen LogP contribution >= 0.6 is 11.3 Å². The van der Waals surface area contributed by atoms with Crippen LogP contribution in [-0.2, 0) is 0 Å². The zero-order chi connectivity index (χ0) is 7.68. The van der Waals surface area contributed by atoms with Gasteiger partial charge in [0, 0.05) is 0 Å². The normalized spacial score (nSPS) is 9.42. The second-order valence-corrected chi connectivity index (χ2v) is 3.14. The molecule has 0 atom stereocenters. The molecule has 3 heteroatoms. The Morgan fingerprint density at radius 3 is 2.75 bits per heavy atom. The lowest BCUT2D eigenvalue weighted by molar-refractivity contribution is 0.413. The molecule has 0 N–H and O–H groups in total. The lowest BCUT2D eigenvalue weighted by Crippen LogP contribution is -1.77. The lowest BCUT2D eigenvalue weighted by Gasteiger charge is -1.84. The third-order valence-electron chi connectivity index (χ3n) is 1.45. The van der Waals surface area contributed by atoms with E-state index in [1.54, 1.807) is 18.4 Å². The van der Waals surface area contributed by atoms with E-state index in [-0.39, 0.29) is 7.43 Å². The highest BCUT2D eigenvalue weighted by Crippen LogP contribution is 2.26. The molecule has 0 fully saturated rings. The van der Waals surface area contributed by atoms with Crippen molar-refractivity contribution in [2.45, 2.75) is 7.43 Å². The van der Waals surface area contributed by atoms with Gasteiger partial charge in [-0.05, 0) is 12.1 Å². The van der Waals surface area contributed by atoms with E-state index in [2.05, 4.69) is 4.98 Å². The molecule has 12 heavy (non-hydrogen) atoms. The molecule has 0 radical (unpaired) electrons. The molecule has 1 aromatic carbocycles. The van der Waals surface area contributed by atoms with Gasteiger partial charge in [0.1, 0.15) is 0 Å². The van der Waals surface area contributed by atoms with Crippen LogP contribution in [0.4, 0.5) is 0 Å². The first kappa shape index (κ1) is 9.00. The Morgan fingerprint density at radius 1 is 1.33 bits per heavy atom. The summed E-state index contributed by atoms with van der Waals surface area (Å²) >= 11 is 1.56. The zero-order valence-corrected chi connectivity index (χ0v) is 6.89. The number of ether oxygens (including phenoxy) is 1. The lowest BCUT2D eigenvalue weighted by atomic mass is 10.3. The van der Waals surface area contributed by atoms with Crippen LogP contribution < -0.4 is 4.74 Å². The van der Waals surface area contributed by atoms with Gasteiger partial charge in [0.25, 0.3) is 5.19 Å². The molecular formula is C9H11NOS. The van der Waals surface area contributed by atoms with Crippen molar-refractivity contribution in [3.63, 3.8) is 0 Å². The number of aromatic nitrogens is 1. The highest BCUT2D eigenvalue weighted by molar-refractivity contribution is 7.20. The van der Waals surface area contributed by atoms with Crippen molar-refractivity contribution >= 4 is 21.6 Å². The van der Waals surface area contributed by atoms with Gasteiger partial charge in [-0.3, -0.25) is 0 Å². The standard InChI is InChI=1S/C8H7NOS.CH4/c1-10-8-9-6-4-2-3-5-7(6)11-8;/h2-5H,1H3;1H4. The van der Waals surface area contributed by atoms with E-state index in [0.29, 0.717) is 0 Å². The topological polar surface area (TPSA) is 22.1 Å². The van der Waals surface area contributed by atoms with E-state index >= 15 is 0 Å². The predicted octanol–water partition coefficient (Wildman–Crippen LogP) is 2.94. The van der Waals surface area contributed by atoms with E-state index in [1.165, 1.54) is 4.70 Å². The SMILES string of the molecule is C.COc1nc2ccccc2s1. The van der Waals surface area contributed by atoms with Gasteiger partial charge in [-0.15, -0.1) is 0 Å². The van der Waals surface area contributed by atoms with Crippen molar-refractivity contribution in [1.82, 2.24) is 4.98 Å². The second-order valence-electron chi connectivity index (χ2n) is 2.15. The summed E-state index contributed by atoms with van der Waals surface area (Å²) in [6, 6.07) is 7.99. The monoisotopic (exact) mass is 181 g/mol. The summed E-state index contributed by atoms with van der Waals surface area (Å²) in [5.41, 5.74) is 1.01. The Hall–Kier alpha value is -1.09. The van der Waals surface area contributed by atoms with Crippen LogP contribution in [0.15, 0.2) is 24.3 Å². The van der Waals surface area contributed by atoms with E-state index in [4.69, 9.17) is 4.74 Å². The average molecular weight is 181 g/mol. The molecule has 0 bridgehead atoms. The van der Waals surface area contributed by atoms with Gasteiger partial charge in [-0.2, -0.15) is 0 Å². The summed E-state index contributed by atoms with van der Waals surface area (Å²) in [7, 11) is 1.64. The molecule has 0 amide bonds. The molecule has 2 aromatic rings. The smallest absolute Gasteiger partial charge is 0.274 e. The third kappa shape index (κ3) is 1.41. The summed E-state index contributed by atoms with van der Waals surface area (Å²) in [5.74, 6) is 0. The first-order valence-electron chi connectivity index (χ1n) is 3.30. The van der Waals surface area contributed by atoms with Crippen LogP contribution in [0.5, 0.6) is 5.19 Å². The molecule has 2 nitrogen and oxygen atoms in total. The fraction of sp³-hybridized carbons (Fsp3) is 0.222. The van der Waals surface area contributed by atoms with Crippen LogP contribution in [0.3, 0.4) is 0 Å². The van der Waals surface area contributed by atoms with Crippen molar-refractivity contribution in [3.8, 4) is 5.19 Å². The van der Waals surface area contributed by atoms with Crippen molar-refractivity contribution in [2.24, 2.45) is 0 Å². The number of benzene rings is 1. The molecule has 0 aliphatic carbocycles. The molecule has 0 aliphatic rings. The minimum atomic E-state index is 0. The van der Waals surface area contributed by atoms with Crippen LogP contribution in [0, 0.1) is 0 Å². The number of thiazole rings is 1. The van der Waals surface area contributed by atoms with Crippen LogP contribution in [0.1, 0.15) is 7.43 Å². The Balaban J connectivity index is 0.000000720. The minimum Gasteiger partial charge on any atom is -0.473 e. The largest absolute Gasteiger partial charge is 0.473 e. The molecule has 0 spiro atoms. The maximum atomic E-state index is 5.01. The van der Waals surface area contributed by atoms with Crippen LogP contribution in [0.25, 0.3) is 10.2 Å². The molecule has 1 aromatic heterocycles. The van der Waals surface area contributed by atoms with Crippen LogP contribution in [0.2, 0.25) is 0 Å². The van der Waals surface area contributed by atoms with E-state index in [9.17, 15) is 0 Å². The van der Waals surface area contributed by atoms with Crippen molar-refractivity contribution in [2.75, 3.05) is 7.11 Å². The molecule has 0 saturated heterocycles. The fourth-order valence-electron chi connectivity index (χ4n) is 0.938. The Kier molecular flexibility index (Phi) is 2.65. The number of methoxy groups -OCH3 is 1. The summed E-state index contributed by atoms with van der Waals surface area (Å²) in [4.78, 5) is 4.23. The highest BCUT2D eigenvalue weighted by Gasteiger charge is 2.00. The first-order chi connectivity index (χ1) is 5.40. The molecular weight excluding hydrogens is 170 g/mol. The molecule has 0 aliphatic heterocycles. The van der Waals surface area contributed by atoms with E-state index in [0.717, 1.165) is 10.7 Å². The average Bonchev–Trinajstić information content (AvgIpc) is 2.46. The minimum absolute atomic E-state index is 0.